The molecule has 2 amide bonds. The predicted molar refractivity (Wildman–Crippen MR) is 78.8 cm³/mol. The number of anilines is 1. The van der Waals surface area contributed by atoms with Crippen LogP contribution < -0.4 is 10.6 Å². The number of rotatable bonds is 3. The lowest BCUT2D eigenvalue weighted by Crippen LogP contribution is -2.30. The number of fused-ring (bicyclic) bond motifs is 1. The van der Waals surface area contributed by atoms with Gasteiger partial charge in [-0.25, -0.2) is 9.78 Å². The highest BCUT2D eigenvalue weighted by Gasteiger charge is 2.12. The fraction of sp³-hybridized carbons (Fsp3) is 0.154. The van der Waals surface area contributed by atoms with E-state index in [-0.39, 0.29) is 12.1 Å². The van der Waals surface area contributed by atoms with Crippen LogP contribution in [-0.2, 0) is 0 Å². The van der Waals surface area contributed by atoms with Crippen LogP contribution in [0.15, 0.2) is 36.7 Å². The molecule has 2 aromatic heterocycles. The summed E-state index contributed by atoms with van der Waals surface area (Å²) in [6.07, 6.45) is 3.44. The van der Waals surface area contributed by atoms with Crippen molar-refractivity contribution < 1.29 is 4.79 Å². The molecule has 0 aliphatic rings. The Balaban J connectivity index is 1.66. The number of amides is 2. The fourth-order valence-corrected chi connectivity index (χ4v) is 2.70. The van der Waals surface area contributed by atoms with Crippen LogP contribution in [0, 0.1) is 0 Å². The molecule has 0 saturated heterocycles. The van der Waals surface area contributed by atoms with Crippen molar-refractivity contribution in [3.05, 3.63) is 42.2 Å². The van der Waals surface area contributed by atoms with Crippen molar-refractivity contribution in [2.45, 2.75) is 13.0 Å². The lowest BCUT2D eigenvalue weighted by molar-refractivity contribution is 0.249. The van der Waals surface area contributed by atoms with Gasteiger partial charge in [0.1, 0.15) is 0 Å². The van der Waals surface area contributed by atoms with Crippen molar-refractivity contribution in [3.63, 3.8) is 0 Å². The lowest BCUT2D eigenvalue weighted by Gasteiger charge is -2.11. The molecule has 7 heteroatoms. The van der Waals surface area contributed by atoms with Crippen LogP contribution in [0.2, 0.25) is 0 Å². The number of hydrogen-bond donors (Lipinski definition) is 3. The van der Waals surface area contributed by atoms with Crippen LogP contribution in [-0.4, -0.2) is 21.2 Å². The third kappa shape index (κ3) is 2.62. The zero-order valence-electron chi connectivity index (χ0n) is 10.8. The molecule has 0 aliphatic heterocycles. The molecule has 1 aromatic carbocycles. The maximum atomic E-state index is 11.9. The number of aromatic amines is 1. The predicted octanol–water partition coefficient (Wildman–Crippen LogP) is 2.90. The van der Waals surface area contributed by atoms with Crippen LogP contribution in [0.25, 0.3) is 10.2 Å². The van der Waals surface area contributed by atoms with Gasteiger partial charge in [-0.1, -0.05) is 23.5 Å². The first-order valence-electron chi connectivity index (χ1n) is 6.14. The molecule has 2 heterocycles. The van der Waals surface area contributed by atoms with Gasteiger partial charge in [0, 0.05) is 11.8 Å². The van der Waals surface area contributed by atoms with Gasteiger partial charge >= 0.3 is 6.03 Å². The van der Waals surface area contributed by atoms with Crippen molar-refractivity contribution in [2.75, 3.05) is 5.32 Å². The molecule has 0 saturated carbocycles. The smallest absolute Gasteiger partial charge is 0.321 e. The second-order valence-electron chi connectivity index (χ2n) is 4.34. The van der Waals surface area contributed by atoms with E-state index >= 15 is 0 Å². The van der Waals surface area contributed by atoms with Crippen molar-refractivity contribution in [2.24, 2.45) is 0 Å². The second-order valence-corrected chi connectivity index (χ2v) is 5.37. The summed E-state index contributed by atoms with van der Waals surface area (Å²) in [7, 11) is 0. The number of aromatic nitrogens is 3. The van der Waals surface area contributed by atoms with E-state index in [9.17, 15) is 4.79 Å². The van der Waals surface area contributed by atoms with Gasteiger partial charge in [-0.3, -0.25) is 10.4 Å². The van der Waals surface area contributed by atoms with Crippen LogP contribution in [0.4, 0.5) is 9.93 Å². The minimum absolute atomic E-state index is 0.122. The first-order valence-corrected chi connectivity index (χ1v) is 6.96. The molecule has 6 nitrogen and oxygen atoms in total. The molecular formula is C13H13N5OS. The molecule has 0 bridgehead atoms. The number of nitrogens with zero attached hydrogens (tertiary/aromatic N) is 2. The van der Waals surface area contributed by atoms with Crippen LogP contribution in [0.3, 0.4) is 0 Å². The molecule has 1 atom stereocenters. The summed E-state index contributed by atoms with van der Waals surface area (Å²) < 4.78 is 1.05. The summed E-state index contributed by atoms with van der Waals surface area (Å²) in [6, 6.07) is 7.37. The number of hydrogen-bond acceptors (Lipinski definition) is 4. The quantitative estimate of drug-likeness (QED) is 0.692. The molecule has 0 aliphatic carbocycles. The number of urea groups is 1. The zero-order valence-corrected chi connectivity index (χ0v) is 11.6. The molecule has 3 rings (SSSR count). The molecule has 0 fully saturated rings. The molecule has 0 spiro atoms. The highest BCUT2D eigenvalue weighted by atomic mass is 32.1. The minimum atomic E-state index is -0.280. The fourth-order valence-electron chi connectivity index (χ4n) is 1.84. The van der Waals surface area contributed by atoms with E-state index in [0.29, 0.717) is 5.13 Å². The molecule has 0 unspecified atom stereocenters. The van der Waals surface area contributed by atoms with Gasteiger partial charge in [0.2, 0.25) is 0 Å². The number of benzene rings is 1. The number of para-hydroxylation sites is 1. The average molecular weight is 287 g/mol. The normalized spacial score (nSPS) is 12.2. The van der Waals surface area contributed by atoms with Gasteiger partial charge in [0.25, 0.3) is 0 Å². The van der Waals surface area contributed by atoms with Crippen LogP contribution >= 0.6 is 11.3 Å². The molecule has 3 N–H and O–H groups in total. The Morgan fingerprint density at radius 2 is 2.25 bits per heavy atom. The SMILES string of the molecule is C[C@H](NC(=O)Nc1nc2ccccc2s1)c1cn[nH]c1. The van der Waals surface area contributed by atoms with Gasteiger partial charge in [-0.2, -0.15) is 5.10 Å². The first-order chi connectivity index (χ1) is 9.72. The number of H-pyrrole nitrogens is 1. The van der Waals surface area contributed by atoms with E-state index in [1.807, 2.05) is 31.2 Å². The monoisotopic (exact) mass is 287 g/mol. The summed E-state index contributed by atoms with van der Waals surface area (Å²) in [6.45, 7) is 1.89. The Hall–Kier alpha value is -2.41. The number of thiazole rings is 1. The summed E-state index contributed by atoms with van der Waals surface area (Å²) >= 11 is 1.45. The average Bonchev–Trinajstić information content (AvgIpc) is 3.07. The lowest BCUT2D eigenvalue weighted by atomic mass is 10.2. The number of carbonyl (C=O) groups excluding carboxylic acids is 1. The third-order valence-electron chi connectivity index (χ3n) is 2.88. The van der Waals surface area contributed by atoms with E-state index in [1.165, 1.54) is 11.3 Å². The standard InChI is InChI=1S/C13H13N5OS/c1-8(9-6-14-15-7-9)16-12(19)18-13-17-10-4-2-3-5-11(10)20-13/h2-8H,1H3,(H,14,15)(H2,16,17,18,19)/t8-/m0/s1. The Bertz CT molecular complexity index is 688. The Morgan fingerprint density at radius 3 is 3.00 bits per heavy atom. The van der Waals surface area contributed by atoms with Crippen molar-refractivity contribution in [1.82, 2.24) is 20.5 Å². The molecule has 102 valence electrons. The van der Waals surface area contributed by atoms with Crippen molar-refractivity contribution in [1.29, 1.82) is 0 Å². The van der Waals surface area contributed by atoms with Crippen molar-refractivity contribution in [3.8, 4) is 0 Å². The van der Waals surface area contributed by atoms with E-state index in [1.54, 1.807) is 12.4 Å². The van der Waals surface area contributed by atoms with E-state index in [0.717, 1.165) is 15.8 Å². The zero-order chi connectivity index (χ0) is 13.9. The molecular weight excluding hydrogens is 274 g/mol. The summed E-state index contributed by atoms with van der Waals surface area (Å²) in [5.74, 6) is 0. The third-order valence-corrected chi connectivity index (χ3v) is 3.83. The maximum Gasteiger partial charge on any atom is 0.321 e. The Kier molecular flexibility index (Phi) is 3.34. The Labute approximate surface area is 119 Å². The number of carbonyl (C=O) groups is 1. The van der Waals surface area contributed by atoms with Gasteiger partial charge in [0.15, 0.2) is 5.13 Å². The second kappa shape index (κ2) is 5.30. The molecule has 3 aromatic rings. The van der Waals surface area contributed by atoms with Gasteiger partial charge in [-0.05, 0) is 19.1 Å². The van der Waals surface area contributed by atoms with Gasteiger partial charge in [-0.15, -0.1) is 0 Å². The maximum absolute atomic E-state index is 11.9. The van der Waals surface area contributed by atoms with E-state index in [4.69, 9.17) is 0 Å². The van der Waals surface area contributed by atoms with Crippen LogP contribution in [0.1, 0.15) is 18.5 Å². The van der Waals surface area contributed by atoms with Gasteiger partial charge < -0.3 is 5.32 Å². The van der Waals surface area contributed by atoms with Crippen molar-refractivity contribution >= 4 is 32.7 Å². The minimum Gasteiger partial charge on any atom is -0.331 e. The Morgan fingerprint density at radius 1 is 1.40 bits per heavy atom. The molecule has 0 radical (unpaired) electrons. The van der Waals surface area contributed by atoms with E-state index in [2.05, 4.69) is 25.8 Å². The van der Waals surface area contributed by atoms with Crippen LogP contribution in [0.5, 0.6) is 0 Å². The molecule has 20 heavy (non-hydrogen) atoms. The topological polar surface area (TPSA) is 82.7 Å². The summed E-state index contributed by atoms with van der Waals surface area (Å²) in [5.41, 5.74) is 1.81. The van der Waals surface area contributed by atoms with Gasteiger partial charge in [0.05, 0.1) is 22.5 Å². The highest BCUT2D eigenvalue weighted by molar-refractivity contribution is 7.22. The largest absolute Gasteiger partial charge is 0.331 e. The summed E-state index contributed by atoms with van der Waals surface area (Å²) in [4.78, 5) is 16.3. The first kappa shape index (κ1) is 12.6. The highest BCUT2D eigenvalue weighted by Crippen LogP contribution is 2.25. The summed E-state index contributed by atoms with van der Waals surface area (Å²) in [5, 5.41) is 12.7. The van der Waals surface area contributed by atoms with E-state index < -0.39 is 0 Å². The number of nitrogens with one attached hydrogen (secondary N) is 3.